The van der Waals surface area contributed by atoms with E-state index in [4.69, 9.17) is 0 Å². The van der Waals surface area contributed by atoms with Crippen LogP contribution in [0.4, 0.5) is 5.69 Å². The topological polar surface area (TPSA) is 41.8 Å². The highest BCUT2D eigenvalue weighted by Gasteiger charge is 2.45. The third-order valence-electron chi connectivity index (χ3n) is 3.90. The second-order valence-corrected chi connectivity index (χ2v) is 4.98. The summed E-state index contributed by atoms with van der Waals surface area (Å²) in [6, 6.07) is 7.32. The van der Waals surface area contributed by atoms with Crippen LogP contribution in [0.25, 0.3) is 0 Å². The number of carbonyl (C=O) groups is 2. The fourth-order valence-electron chi connectivity index (χ4n) is 2.76. The minimum absolute atomic E-state index is 0.0574. The van der Waals surface area contributed by atoms with Crippen molar-refractivity contribution < 1.29 is 14.5 Å². The van der Waals surface area contributed by atoms with Crippen LogP contribution in [0, 0.1) is 6.92 Å². The SMILES string of the molecule is CC[NH+](CC)[C@@H]1CC(=O)N(c2ccccc2C)C1=O. The highest BCUT2D eigenvalue weighted by atomic mass is 16.2. The first-order valence-electron chi connectivity index (χ1n) is 6.87. The van der Waals surface area contributed by atoms with Gasteiger partial charge in [-0.1, -0.05) is 18.2 Å². The van der Waals surface area contributed by atoms with E-state index in [-0.39, 0.29) is 17.9 Å². The lowest BCUT2D eigenvalue weighted by molar-refractivity contribution is -0.911. The van der Waals surface area contributed by atoms with E-state index in [1.165, 1.54) is 9.80 Å². The molecule has 1 saturated heterocycles. The van der Waals surface area contributed by atoms with Crippen molar-refractivity contribution in [2.75, 3.05) is 18.0 Å². The minimum atomic E-state index is -0.220. The molecule has 1 heterocycles. The second-order valence-electron chi connectivity index (χ2n) is 4.98. The smallest absolute Gasteiger partial charge is 0.292 e. The van der Waals surface area contributed by atoms with E-state index in [1.54, 1.807) is 0 Å². The van der Waals surface area contributed by atoms with Gasteiger partial charge < -0.3 is 4.90 Å². The standard InChI is InChI=1S/C15H20N2O2/c1-4-16(5-2)13-10-14(18)17(15(13)19)12-9-7-6-8-11(12)3/h6-9,13H,4-5,10H2,1-3H3/p+1/t13-/m1/s1. The maximum Gasteiger partial charge on any atom is 0.292 e. The van der Waals surface area contributed by atoms with Gasteiger partial charge in [-0.3, -0.25) is 9.59 Å². The molecule has 1 aliphatic heterocycles. The van der Waals surface area contributed by atoms with Crippen LogP contribution >= 0.6 is 0 Å². The molecule has 1 aliphatic rings. The molecule has 2 rings (SSSR count). The normalized spacial score (nSPS) is 19.6. The van der Waals surface area contributed by atoms with Crippen molar-refractivity contribution in [1.82, 2.24) is 0 Å². The average molecular weight is 261 g/mol. The van der Waals surface area contributed by atoms with E-state index in [0.717, 1.165) is 24.3 Å². The molecule has 0 unspecified atom stereocenters. The fraction of sp³-hybridized carbons (Fsp3) is 0.467. The Hall–Kier alpha value is -1.68. The summed E-state index contributed by atoms with van der Waals surface area (Å²) in [5.74, 6) is -0.137. The predicted octanol–water partition coefficient (Wildman–Crippen LogP) is 0.552. The number of imide groups is 1. The number of amides is 2. The number of anilines is 1. The van der Waals surface area contributed by atoms with Gasteiger partial charge in [-0.05, 0) is 32.4 Å². The van der Waals surface area contributed by atoms with Crippen molar-refractivity contribution in [3.63, 3.8) is 0 Å². The van der Waals surface area contributed by atoms with Gasteiger partial charge in [-0.2, -0.15) is 0 Å². The Morgan fingerprint density at radius 2 is 1.84 bits per heavy atom. The molecule has 102 valence electrons. The van der Waals surface area contributed by atoms with Crippen LogP contribution in [0.3, 0.4) is 0 Å². The van der Waals surface area contributed by atoms with Gasteiger partial charge in [0.2, 0.25) is 5.91 Å². The molecule has 1 aromatic rings. The molecule has 1 fully saturated rings. The molecule has 19 heavy (non-hydrogen) atoms. The van der Waals surface area contributed by atoms with Crippen LogP contribution < -0.4 is 9.80 Å². The maximum absolute atomic E-state index is 12.5. The number of hydrogen-bond acceptors (Lipinski definition) is 2. The highest BCUT2D eigenvalue weighted by molar-refractivity contribution is 6.22. The third-order valence-corrected chi connectivity index (χ3v) is 3.90. The number of rotatable bonds is 4. The molecule has 0 saturated carbocycles. The van der Waals surface area contributed by atoms with Crippen molar-refractivity contribution in [3.8, 4) is 0 Å². The molecule has 0 spiro atoms. The molecule has 4 heteroatoms. The van der Waals surface area contributed by atoms with Crippen molar-refractivity contribution in [2.24, 2.45) is 0 Å². The second kappa shape index (κ2) is 5.53. The summed E-state index contributed by atoms with van der Waals surface area (Å²) in [7, 11) is 0. The van der Waals surface area contributed by atoms with Gasteiger partial charge in [0, 0.05) is 0 Å². The summed E-state index contributed by atoms with van der Waals surface area (Å²) in [5, 5.41) is 0. The molecule has 1 atom stereocenters. The van der Waals surface area contributed by atoms with Crippen LogP contribution in [-0.4, -0.2) is 30.9 Å². The summed E-state index contributed by atoms with van der Waals surface area (Å²) >= 11 is 0. The summed E-state index contributed by atoms with van der Waals surface area (Å²) in [5.41, 5.74) is 1.69. The summed E-state index contributed by atoms with van der Waals surface area (Å²) < 4.78 is 0. The molecule has 0 radical (unpaired) electrons. The Labute approximate surface area is 114 Å². The Morgan fingerprint density at radius 1 is 1.21 bits per heavy atom. The maximum atomic E-state index is 12.5. The summed E-state index contributed by atoms with van der Waals surface area (Å²) in [6.45, 7) is 7.75. The van der Waals surface area contributed by atoms with Crippen LogP contribution in [0.15, 0.2) is 24.3 Å². The number of likely N-dealkylation sites (N-methyl/N-ethyl adjacent to an activating group) is 1. The van der Waals surface area contributed by atoms with Gasteiger partial charge in [0.1, 0.15) is 0 Å². The van der Waals surface area contributed by atoms with E-state index in [0.29, 0.717) is 6.42 Å². The van der Waals surface area contributed by atoms with E-state index >= 15 is 0 Å². The molecule has 2 amide bonds. The van der Waals surface area contributed by atoms with Crippen LogP contribution in [-0.2, 0) is 9.59 Å². The Balaban J connectivity index is 2.32. The van der Waals surface area contributed by atoms with Gasteiger partial charge in [0.25, 0.3) is 5.91 Å². The number of benzene rings is 1. The van der Waals surface area contributed by atoms with Gasteiger partial charge in [0.05, 0.1) is 25.2 Å². The molecule has 0 aliphatic carbocycles. The van der Waals surface area contributed by atoms with Crippen molar-refractivity contribution in [1.29, 1.82) is 0 Å². The van der Waals surface area contributed by atoms with Crippen LogP contribution in [0.5, 0.6) is 0 Å². The van der Waals surface area contributed by atoms with E-state index in [9.17, 15) is 9.59 Å². The summed E-state index contributed by atoms with van der Waals surface area (Å²) in [6.07, 6.45) is 0.324. The van der Waals surface area contributed by atoms with Crippen LogP contribution in [0.1, 0.15) is 25.8 Å². The Kier molecular flexibility index (Phi) is 4.00. The number of hydrogen-bond donors (Lipinski definition) is 1. The summed E-state index contributed by atoms with van der Waals surface area (Å²) in [4.78, 5) is 27.2. The highest BCUT2D eigenvalue weighted by Crippen LogP contribution is 2.25. The van der Waals surface area contributed by atoms with E-state index in [2.05, 4.69) is 0 Å². The lowest BCUT2D eigenvalue weighted by atomic mass is 10.2. The molecule has 1 aromatic carbocycles. The molecule has 1 N–H and O–H groups in total. The first-order chi connectivity index (χ1) is 9.10. The molecular formula is C15H21N2O2+. The first kappa shape index (κ1) is 13.7. The quantitative estimate of drug-likeness (QED) is 0.804. The first-order valence-corrected chi connectivity index (χ1v) is 6.87. The number of quaternary nitrogens is 1. The lowest BCUT2D eigenvalue weighted by Gasteiger charge is -2.22. The lowest BCUT2D eigenvalue weighted by Crippen LogP contribution is -3.16. The van der Waals surface area contributed by atoms with E-state index < -0.39 is 0 Å². The van der Waals surface area contributed by atoms with E-state index in [1.807, 2.05) is 45.0 Å². The van der Waals surface area contributed by atoms with Gasteiger partial charge in [-0.15, -0.1) is 0 Å². The Bertz CT molecular complexity index is 495. The van der Waals surface area contributed by atoms with Gasteiger partial charge in [-0.25, -0.2) is 4.90 Å². The molecular weight excluding hydrogens is 240 g/mol. The predicted molar refractivity (Wildman–Crippen MR) is 74.1 cm³/mol. The Morgan fingerprint density at radius 3 is 2.42 bits per heavy atom. The zero-order valence-electron chi connectivity index (χ0n) is 11.8. The van der Waals surface area contributed by atoms with Crippen molar-refractivity contribution >= 4 is 17.5 Å². The van der Waals surface area contributed by atoms with Gasteiger partial charge >= 0.3 is 0 Å². The number of nitrogens with zero attached hydrogens (tertiary/aromatic N) is 1. The van der Waals surface area contributed by atoms with Crippen molar-refractivity contribution in [3.05, 3.63) is 29.8 Å². The zero-order valence-corrected chi connectivity index (χ0v) is 11.8. The number of para-hydroxylation sites is 1. The fourth-order valence-corrected chi connectivity index (χ4v) is 2.76. The third kappa shape index (κ3) is 2.40. The average Bonchev–Trinajstić information content (AvgIpc) is 2.68. The number of carbonyl (C=O) groups excluding carboxylic acids is 2. The van der Waals surface area contributed by atoms with Gasteiger partial charge in [0.15, 0.2) is 6.04 Å². The van der Waals surface area contributed by atoms with Crippen molar-refractivity contribution in [2.45, 2.75) is 33.2 Å². The molecule has 0 bridgehead atoms. The number of aryl methyl sites for hydroxylation is 1. The monoisotopic (exact) mass is 261 g/mol. The zero-order chi connectivity index (χ0) is 14.0. The largest absolute Gasteiger partial charge is 0.325 e. The minimum Gasteiger partial charge on any atom is -0.325 e. The van der Waals surface area contributed by atoms with Crippen LogP contribution in [0.2, 0.25) is 0 Å². The molecule has 4 nitrogen and oxygen atoms in total. The molecule has 0 aromatic heterocycles. The number of nitrogens with one attached hydrogen (secondary N) is 1.